The number of nitrogens with zero attached hydrogens (tertiary/aromatic N) is 2. The summed E-state index contributed by atoms with van der Waals surface area (Å²) in [5.41, 5.74) is 1.01. The SMILES string of the molecule is ClC(Cl)(Cl)c1nnc(C=Cc2ccccc2)o1.c1cc[nH]c1. The Hall–Kier alpha value is -1.75. The Bertz CT molecular complexity index is 671. The molecule has 0 unspecified atom stereocenters. The molecule has 22 heavy (non-hydrogen) atoms. The van der Waals surface area contributed by atoms with Crippen LogP contribution in [-0.2, 0) is 3.79 Å². The van der Waals surface area contributed by atoms with Crippen LogP contribution in [0.2, 0.25) is 0 Å². The van der Waals surface area contributed by atoms with Crippen LogP contribution in [0.25, 0.3) is 12.2 Å². The summed E-state index contributed by atoms with van der Waals surface area (Å²) >= 11 is 16.8. The van der Waals surface area contributed by atoms with E-state index in [-0.39, 0.29) is 11.8 Å². The minimum atomic E-state index is -1.69. The van der Waals surface area contributed by atoms with E-state index in [1.807, 2.05) is 60.9 Å². The summed E-state index contributed by atoms with van der Waals surface area (Å²) in [6.07, 6.45) is 7.23. The van der Waals surface area contributed by atoms with Crippen LogP contribution in [0.4, 0.5) is 0 Å². The van der Waals surface area contributed by atoms with Crippen molar-refractivity contribution in [2.75, 3.05) is 0 Å². The second kappa shape index (κ2) is 8.03. The molecule has 0 aliphatic carbocycles. The third kappa shape index (κ3) is 5.56. The van der Waals surface area contributed by atoms with Gasteiger partial charge in [-0.2, -0.15) is 0 Å². The van der Waals surface area contributed by atoms with Crippen molar-refractivity contribution in [2.45, 2.75) is 3.79 Å². The van der Waals surface area contributed by atoms with Gasteiger partial charge in [0.25, 0.3) is 9.68 Å². The Morgan fingerprint density at radius 2 is 1.59 bits per heavy atom. The lowest BCUT2D eigenvalue weighted by atomic mass is 10.2. The average molecular weight is 357 g/mol. The van der Waals surface area contributed by atoms with E-state index in [0.29, 0.717) is 0 Å². The van der Waals surface area contributed by atoms with Crippen molar-refractivity contribution in [1.82, 2.24) is 15.2 Å². The van der Waals surface area contributed by atoms with Gasteiger partial charge in [0.1, 0.15) is 0 Å². The molecule has 1 N–H and O–H groups in total. The molecule has 3 rings (SSSR count). The quantitative estimate of drug-likeness (QED) is 0.651. The lowest BCUT2D eigenvalue weighted by Gasteiger charge is -2.01. The Labute approximate surface area is 142 Å². The highest BCUT2D eigenvalue weighted by molar-refractivity contribution is 6.66. The van der Waals surface area contributed by atoms with Crippen molar-refractivity contribution in [3.8, 4) is 0 Å². The summed E-state index contributed by atoms with van der Waals surface area (Å²) in [4.78, 5) is 2.86. The predicted octanol–water partition coefficient (Wildman–Crippen LogP) is 5.08. The van der Waals surface area contributed by atoms with Gasteiger partial charge in [0.2, 0.25) is 5.89 Å². The van der Waals surface area contributed by atoms with Gasteiger partial charge in [-0.05, 0) is 23.8 Å². The Morgan fingerprint density at radius 3 is 2.09 bits per heavy atom. The zero-order valence-corrected chi connectivity index (χ0v) is 13.6. The highest BCUT2D eigenvalue weighted by Gasteiger charge is 2.29. The number of halogens is 3. The number of hydrogen-bond donors (Lipinski definition) is 1. The molecular formula is C15H12Cl3N3O. The van der Waals surface area contributed by atoms with Crippen LogP contribution in [0.1, 0.15) is 17.3 Å². The fourth-order valence-corrected chi connectivity index (χ4v) is 1.66. The standard InChI is InChI=1S/C11H7Cl3N2O.C4H5N/c12-11(13,14)10-16-15-9(17-10)7-6-8-4-2-1-3-5-8;1-2-4-5-3-1/h1-7H;1-5H. The molecule has 2 aromatic heterocycles. The van der Waals surface area contributed by atoms with Gasteiger partial charge in [0.05, 0.1) is 0 Å². The number of rotatable bonds is 2. The molecule has 0 bridgehead atoms. The molecule has 3 aromatic rings. The maximum Gasteiger partial charge on any atom is 0.268 e. The summed E-state index contributed by atoms with van der Waals surface area (Å²) in [5, 5.41) is 7.38. The third-order valence-electron chi connectivity index (χ3n) is 2.40. The monoisotopic (exact) mass is 355 g/mol. The van der Waals surface area contributed by atoms with Gasteiger partial charge in [-0.25, -0.2) is 0 Å². The predicted molar refractivity (Wildman–Crippen MR) is 89.7 cm³/mol. The maximum atomic E-state index is 5.60. The normalized spacial score (nSPS) is 11.2. The molecule has 0 atom stereocenters. The first-order chi connectivity index (χ1) is 10.6. The topological polar surface area (TPSA) is 54.7 Å². The second-order valence-corrected chi connectivity index (χ2v) is 6.35. The Balaban J connectivity index is 0.000000299. The summed E-state index contributed by atoms with van der Waals surface area (Å²) in [5.74, 6) is 0.241. The number of aromatic amines is 1. The minimum Gasteiger partial charge on any atom is -0.417 e. The van der Waals surface area contributed by atoms with Crippen LogP contribution in [0.5, 0.6) is 0 Å². The molecule has 0 aliphatic heterocycles. The van der Waals surface area contributed by atoms with Crippen LogP contribution in [0.3, 0.4) is 0 Å². The van der Waals surface area contributed by atoms with E-state index >= 15 is 0 Å². The smallest absolute Gasteiger partial charge is 0.268 e. The van der Waals surface area contributed by atoms with Crippen molar-refractivity contribution in [1.29, 1.82) is 0 Å². The molecule has 0 spiro atoms. The van der Waals surface area contributed by atoms with E-state index < -0.39 is 3.79 Å². The fraction of sp³-hybridized carbons (Fsp3) is 0.0667. The fourth-order valence-electron chi connectivity index (χ4n) is 1.43. The third-order valence-corrected chi connectivity index (χ3v) is 2.88. The zero-order valence-electron chi connectivity index (χ0n) is 11.3. The number of aromatic nitrogens is 3. The van der Waals surface area contributed by atoms with Crippen molar-refractivity contribution in [3.05, 3.63) is 72.2 Å². The molecule has 2 heterocycles. The van der Waals surface area contributed by atoms with Crippen LogP contribution >= 0.6 is 34.8 Å². The molecule has 0 amide bonds. The zero-order chi connectivity index (χ0) is 15.8. The first-order valence-electron chi connectivity index (χ1n) is 6.27. The van der Waals surface area contributed by atoms with Gasteiger partial charge >= 0.3 is 0 Å². The average Bonchev–Trinajstić information content (AvgIpc) is 3.20. The van der Waals surface area contributed by atoms with Crippen molar-refractivity contribution in [3.63, 3.8) is 0 Å². The van der Waals surface area contributed by atoms with Gasteiger partial charge in [0, 0.05) is 18.5 Å². The molecule has 4 nitrogen and oxygen atoms in total. The number of hydrogen-bond acceptors (Lipinski definition) is 3. The maximum absolute atomic E-state index is 5.60. The Morgan fingerprint density at radius 1 is 0.909 bits per heavy atom. The number of H-pyrrole nitrogens is 1. The Kier molecular flexibility index (Phi) is 6.07. The first-order valence-corrected chi connectivity index (χ1v) is 7.41. The molecule has 0 fully saturated rings. The van der Waals surface area contributed by atoms with Crippen LogP contribution < -0.4 is 0 Å². The lowest BCUT2D eigenvalue weighted by molar-refractivity contribution is 0.493. The van der Waals surface area contributed by atoms with Crippen LogP contribution in [-0.4, -0.2) is 15.2 Å². The van der Waals surface area contributed by atoms with Gasteiger partial charge in [-0.3, -0.25) is 0 Å². The van der Waals surface area contributed by atoms with E-state index in [2.05, 4.69) is 15.2 Å². The first kappa shape index (κ1) is 16.6. The van der Waals surface area contributed by atoms with E-state index in [9.17, 15) is 0 Å². The number of nitrogens with one attached hydrogen (secondary N) is 1. The molecule has 0 saturated heterocycles. The highest BCUT2D eigenvalue weighted by atomic mass is 35.6. The highest BCUT2D eigenvalue weighted by Crippen LogP contribution is 2.37. The van der Waals surface area contributed by atoms with Crippen LogP contribution in [0.15, 0.2) is 59.3 Å². The molecule has 0 saturated carbocycles. The van der Waals surface area contributed by atoms with Crippen molar-refractivity contribution < 1.29 is 4.42 Å². The van der Waals surface area contributed by atoms with Crippen molar-refractivity contribution in [2.24, 2.45) is 0 Å². The summed E-state index contributed by atoms with van der Waals surface area (Å²) in [6.45, 7) is 0. The van der Waals surface area contributed by atoms with E-state index in [4.69, 9.17) is 39.2 Å². The van der Waals surface area contributed by atoms with E-state index in [1.54, 1.807) is 6.08 Å². The number of benzene rings is 1. The van der Waals surface area contributed by atoms with Gasteiger partial charge in [-0.15, -0.1) is 10.2 Å². The van der Waals surface area contributed by atoms with Crippen LogP contribution in [0, 0.1) is 0 Å². The molecule has 7 heteroatoms. The number of alkyl halides is 3. The second-order valence-electron chi connectivity index (χ2n) is 4.07. The molecule has 0 radical (unpaired) electrons. The molecule has 0 aliphatic rings. The van der Waals surface area contributed by atoms with E-state index in [1.165, 1.54) is 0 Å². The largest absolute Gasteiger partial charge is 0.417 e. The molecule has 1 aromatic carbocycles. The summed E-state index contributed by atoms with van der Waals surface area (Å²) < 4.78 is 3.48. The molecule has 114 valence electrons. The minimum absolute atomic E-state index is 0.0461. The van der Waals surface area contributed by atoms with Gasteiger partial charge in [0.15, 0.2) is 0 Å². The molecular weight excluding hydrogens is 345 g/mol. The lowest BCUT2D eigenvalue weighted by Crippen LogP contribution is -1.99. The van der Waals surface area contributed by atoms with Gasteiger partial charge in [-0.1, -0.05) is 65.1 Å². The van der Waals surface area contributed by atoms with E-state index in [0.717, 1.165) is 5.56 Å². The van der Waals surface area contributed by atoms with Crippen molar-refractivity contribution >= 4 is 47.0 Å². The van der Waals surface area contributed by atoms with Gasteiger partial charge < -0.3 is 9.40 Å². The summed E-state index contributed by atoms with van der Waals surface area (Å²) in [6, 6.07) is 13.6. The summed E-state index contributed by atoms with van der Waals surface area (Å²) in [7, 11) is 0.